The molecule has 9 heteroatoms. The molecule has 5 nitrogen and oxygen atoms in total. The van der Waals surface area contributed by atoms with E-state index in [-0.39, 0.29) is 5.56 Å². The summed E-state index contributed by atoms with van der Waals surface area (Å²) in [5.74, 6) is 0. The van der Waals surface area contributed by atoms with Gasteiger partial charge >= 0.3 is 12.3 Å². The zero-order chi connectivity index (χ0) is 19.0. The van der Waals surface area contributed by atoms with Crippen LogP contribution in [0.1, 0.15) is 32.0 Å². The SMILES string of the molecule is Cc1nc(-c2cncc(C(F)(F)F)c2)sc1N(C)C(=O)OC(C)(C)C. The summed E-state index contributed by atoms with van der Waals surface area (Å²) in [6.45, 7) is 6.92. The maximum Gasteiger partial charge on any atom is 0.417 e. The van der Waals surface area contributed by atoms with E-state index in [1.807, 2.05) is 0 Å². The Kier molecular flexibility index (Phi) is 5.08. The van der Waals surface area contributed by atoms with E-state index < -0.39 is 23.4 Å². The lowest BCUT2D eigenvalue weighted by atomic mass is 10.2. The molecule has 2 aromatic heterocycles. The van der Waals surface area contributed by atoms with Crippen molar-refractivity contribution in [1.29, 1.82) is 0 Å². The lowest BCUT2D eigenvalue weighted by molar-refractivity contribution is -0.137. The highest BCUT2D eigenvalue weighted by Crippen LogP contribution is 2.36. The highest BCUT2D eigenvalue weighted by atomic mass is 32.1. The molecule has 0 fully saturated rings. The van der Waals surface area contributed by atoms with Gasteiger partial charge in [0.15, 0.2) is 0 Å². The Balaban J connectivity index is 2.33. The molecule has 25 heavy (non-hydrogen) atoms. The van der Waals surface area contributed by atoms with Crippen LogP contribution >= 0.6 is 11.3 Å². The molecule has 0 radical (unpaired) electrons. The van der Waals surface area contributed by atoms with Gasteiger partial charge in [0, 0.05) is 25.0 Å². The van der Waals surface area contributed by atoms with Crippen molar-refractivity contribution in [1.82, 2.24) is 9.97 Å². The van der Waals surface area contributed by atoms with Gasteiger partial charge in [-0.3, -0.25) is 9.88 Å². The number of alkyl halides is 3. The van der Waals surface area contributed by atoms with Crippen molar-refractivity contribution >= 4 is 22.4 Å². The van der Waals surface area contributed by atoms with E-state index in [2.05, 4.69) is 9.97 Å². The van der Waals surface area contributed by atoms with Gasteiger partial charge in [-0.25, -0.2) is 9.78 Å². The van der Waals surface area contributed by atoms with Crippen molar-refractivity contribution < 1.29 is 22.7 Å². The second-order valence-electron chi connectivity index (χ2n) is 6.41. The molecule has 0 bridgehead atoms. The highest BCUT2D eigenvalue weighted by Gasteiger charge is 2.31. The van der Waals surface area contributed by atoms with Crippen molar-refractivity contribution in [2.75, 3.05) is 11.9 Å². The fourth-order valence-corrected chi connectivity index (χ4v) is 2.95. The van der Waals surface area contributed by atoms with Crippen molar-refractivity contribution in [2.24, 2.45) is 0 Å². The molecular formula is C16H18F3N3O2S. The van der Waals surface area contributed by atoms with Crippen molar-refractivity contribution in [3.8, 4) is 10.6 Å². The van der Waals surface area contributed by atoms with Crippen LogP contribution in [0.3, 0.4) is 0 Å². The van der Waals surface area contributed by atoms with Crippen LogP contribution in [0, 0.1) is 6.92 Å². The van der Waals surface area contributed by atoms with Crippen molar-refractivity contribution in [3.63, 3.8) is 0 Å². The van der Waals surface area contributed by atoms with Crippen LogP contribution in [0.2, 0.25) is 0 Å². The quantitative estimate of drug-likeness (QED) is 0.751. The summed E-state index contributed by atoms with van der Waals surface area (Å²) in [6.07, 6.45) is -2.97. The third kappa shape index (κ3) is 4.68. The number of carbonyl (C=O) groups excluding carboxylic acids is 1. The number of carbonyl (C=O) groups is 1. The Morgan fingerprint density at radius 3 is 2.44 bits per heavy atom. The molecule has 136 valence electrons. The minimum atomic E-state index is -4.48. The summed E-state index contributed by atoms with van der Waals surface area (Å²) in [4.78, 5) is 21.4. The zero-order valence-electron chi connectivity index (χ0n) is 14.4. The number of pyridine rings is 1. The fourth-order valence-electron chi connectivity index (χ4n) is 1.95. The summed E-state index contributed by atoms with van der Waals surface area (Å²) in [5, 5.41) is 0.850. The summed E-state index contributed by atoms with van der Waals surface area (Å²) < 4.78 is 43.8. The molecule has 0 saturated heterocycles. The third-order valence-corrected chi connectivity index (χ3v) is 4.34. The zero-order valence-corrected chi connectivity index (χ0v) is 15.2. The number of halogens is 3. The predicted octanol–water partition coefficient (Wildman–Crippen LogP) is 4.90. The molecule has 0 aromatic carbocycles. The van der Waals surface area contributed by atoms with Crippen molar-refractivity contribution in [2.45, 2.75) is 39.5 Å². The molecule has 2 heterocycles. The summed E-state index contributed by atoms with van der Waals surface area (Å²) in [7, 11) is 1.53. The van der Waals surface area contributed by atoms with E-state index in [1.165, 1.54) is 18.1 Å². The van der Waals surface area contributed by atoms with Crippen LogP contribution < -0.4 is 4.90 Å². The van der Waals surface area contributed by atoms with E-state index in [1.54, 1.807) is 27.7 Å². The fraction of sp³-hybridized carbons (Fsp3) is 0.438. The topological polar surface area (TPSA) is 55.3 Å². The first-order valence-electron chi connectivity index (χ1n) is 7.35. The van der Waals surface area contributed by atoms with Gasteiger partial charge in [0.05, 0.1) is 11.3 Å². The molecule has 0 unspecified atom stereocenters. The van der Waals surface area contributed by atoms with Crippen LogP contribution in [-0.2, 0) is 10.9 Å². The van der Waals surface area contributed by atoms with E-state index in [0.717, 1.165) is 23.6 Å². The molecule has 2 aromatic rings. The highest BCUT2D eigenvalue weighted by molar-refractivity contribution is 7.19. The predicted molar refractivity (Wildman–Crippen MR) is 89.7 cm³/mol. The number of hydrogen-bond acceptors (Lipinski definition) is 5. The lowest BCUT2D eigenvalue weighted by Gasteiger charge is -2.23. The Bertz CT molecular complexity index is 782. The van der Waals surface area contributed by atoms with E-state index >= 15 is 0 Å². The maximum absolute atomic E-state index is 12.8. The first-order valence-corrected chi connectivity index (χ1v) is 8.17. The van der Waals surface area contributed by atoms with Crippen LogP contribution in [0.25, 0.3) is 10.6 Å². The van der Waals surface area contributed by atoms with Gasteiger partial charge in [0.2, 0.25) is 0 Å². The van der Waals surface area contributed by atoms with Gasteiger partial charge in [-0.2, -0.15) is 13.2 Å². The van der Waals surface area contributed by atoms with Gasteiger partial charge in [-0.05, 0) is 33.8 Å². The molecule has 0 spiro atoms. The average Bonchev–Trinajstić information content (AvgIpc) is 2.86. The normalized spacial score (nSPS) is 12.2. The van der Waals surface area contributed by atoms with Crippen LogP contribution in [0.5, 0.6) is 0 Å². The Morgan fingerprint density at radius 2 is 1.88 bits per heavy atom. The number of thiazole rings is 1. The second-order valence-corrected chi connectivity index (χ2v) is 7.39. The van der Waals surface area contributed by atoms with Gasteiger partial charge in [-0.1, -0.05) is 11.3 Å². The van der Waals surface area contributed by atoms with Gasteiger partial charge < -0.3 is 4.74 Å². The largest absolute Gasteiger partial charge is 0.443 e. The Morgan fingerprint density at radius 1 is 1.24 bits per heavy atom. The van der Waals surface area contributed by atoms with Gasteiger partial charge in [0.25, 0.3) is 0 Å². The summed E-state index contributed by atoms with van der Waals surface area (Å²) in [5.41, 5.74) is -0.741. The summed E-state index contributed by atoms with van der Waals surface area (Å²) >= 11 is 1.10. The molecule has 1 amide bonds. The van der Waals surface area contributed by atoms with Crippen LogP contribution in [-0.4, -0.2) is 28.7 Å². The first kappa shape index (κ1) is 19.2. The first-order chi connectivity index (χ1) is 11.4. The lowest BCUT2D eigenvalue weighted by Crippen LogP contribution is -2.34. The molecular weight excluding hydrogens is 355 g/mol. The minimum Gasteiger partial charge on any atom is -0.443 e. The smallest absolute Gasteiger partial charge is 0.417 e. The van der Waals surface area contributed by atoms with Gasteiger partial charge in [-0.15, -0.1) is 0 Å². The van der Waals surface area contributed by atoms with E-state index in [4.69, 9.17) is 4.74 Å². The number of nitrogens with zero attached hydrogens (tertiary/aromatic N) is 3. The number of hydrogen-bond donors (Lipinski definition) is 0. The minimum absolute atomic E-state index is 0.242. The third-order valence-electron chi connectivity index (χ3n) is 3.06. The van der Waals surface area contributed by atoms with E-state index in [9.17, 15) is 18.0 Å². The maximum atomic E-state index is 12.8. The monoisotopic (exact) mass is 373 g/mol. The van der Waals surface area contributed by atoms with Crippen molar-refractivity contribution in [3.05, 3.63) is 29.7 Å². The average molecular weight is 373 g/mol. The Hall–Kier alpha value is -2.16. The van der Waals surface area contributed by atoms with Crippen LogP contribution in [0.4, 0.5) is 23.0 Å². The molecule has 0 saturated carbocycles. The molecule has 0 aliphatic carbocycles. The Labute approximate surface area is 147 Å². The van der Waals surface area contributed by atoms with Gasteiger partial charge in [0.1, 0.15) is 15.6 Å². The molecule has 2 rings (SSSR count). The molecule has 0 N–H and O–H groups in total. The summed E-state index contributed by atoms with van der Waals surface area (Å²) in [6, 6.07) is 0.989. The molecule has 0 atom stereocenters. The number of rotatable bonds is 2. The van der Waals surface area contributed by atoms with E-state index in [0.29, 0.717) is 15.7 Å². The molecule has 0 aliphatic rings. The molecule has 0 aliphatic heterocycles. The number of aryl methyl sites for hydroxylation is 1. The standard InChI is InChI=1S/C16H18F3N3O2S/c1-9-13(22(5)14(23)24-15(2,3)4)25-12(21-9)10-6-11(8-20-7-10)16(17,18)19/h6-8H,1-5H3. The van der Waals surface area contributed by atoms with Crippen LogP contribution in [0.15, 0.2) is 18.5 Å². The number of ether oxygens (including phenoxy) is 1. The number of aromatic nitrogens is 2. The second kappa shape index (κ2) is 6.62. The number of amides is 1. The number of anilines is 1.